The van der Waals surface area contributed by atoms with Gasteiger partial charge >= 0.3 is 6.18 Å². The van der Waals surface area contributed by atoms with Gasteiger partial charge in [0.2, 0.25) is 0 Å². The SMILES string of the molecule is N=Cc1cc(Cl)cc(C(=O)Nc2nc3ccc(C(F)(F)F)cc3s2)c1O. The molecule has 3 N–H and O–H groups in total. The van der Waals surface area contributed by atoms with E-state index in [1.807, 2.05) is 0 Å². The van der Waals surface area contributed by atoms with E-state index >= 15 is 0 Å². The lowest BCUT2D eigenvalue weighted by Crippen LogP contribution is -2.12. The molecule has 10 heteroatoms. The van der Waals surface area contributed by atoms with Crippen LogP contribution >= 0.6 is 22.9 Å². The molecule has 5 nitrogen and oxygen atoms in total. The number of nitrogens with zero attached hydrogens (tertiary/aromatic N) is 1. The van der Waals surface area contributed by atoms with Crippen LogP contribution in [0.1, 0.15) is 21.5 Å². The van der Waals surface area contributed by atoms with Crippen LogP contribution in [0, 0.1) is 5.41 Å². The maximum Gasteiger partial charge on any atom is 0.416 e. The number of phenolic OH excluding ortho intramolecular Hbond substituents is 1. The summed E-state index contributed by atoms with van der Waals surface area (Å²) < 4.78 is 38.5. The zero-order valence-electron chi connectivity index (χ0n) is 12.7. The van der Waals surface area contributed by atoms with Gasteiger partial charge in [-0.15, -0.1) is 0 Å². The van der Waals surface area contributed by atoms with Crippen molar-refractivity contribution in [3.63, 3.8) is 0 Å². The number of hydrogen-bond acceptors (Lipinski definition) is 5. The van der Waals surface area contributed by atoms with Crippen LogP contribution in [0.2, 0.25) is 5.02 Å². The van der Waals surface area contributed by atoms with E-state index in [9.17, 15) is 23.1 Å². The van der Waals surface area contributed by atoms with Gasteiger partial charge < -0.3 is 10.5 Å². The highest BCUT2D eigenvalue weighted by Crippen LogP contribution is 2.35. The number of rotatable bonds is 3. The molecule has 0 aliphatic rings. The molecule has 1 amide bonds. The first-order chi connectivity index (χ1) is 12.2. The third kappa shape index (κ3) is 3.49. The van der Waals surface area contributed by atoms with Gasteiger partial charge in [-0.3, -0.25) is 10.1 Å². The topological polar surface area (TPSA) is 86.1 Å². The van der Waals surface area contributed by atoms with Crippen LogP contribution < -0.4 is 5.32 Å². The number of carbonyl (C=O) groups excluding carboxylic acids is 1. The standard InChI is InChI=1S/C16H9ClF3N3O2S/c17-9-3-7(6-21)13(24)10(5-9)14(25)23-15-22-11-2-1-8(16(18,19)20)4-12(11)26-15/h1-6,21,24H,(H,22,23,25). The van der Waals surface area contributed by atoms with Crippen molar-refractivity contribution in [3.8, 4) is 5.75 Å². The Morgan fingerprint density at radius 1 is 1.31 bits per heavy atom. The second kappa shape index (κ2) is 6.58. The maximum atomic E-state index is 12.8. The fourth-order valence-corrected chi connectivity index (χ4v) is 3.35. The summed E-state index contributed by atoms with van der Waals surface area (Å²) in [6, 6.07) is 5.61. The molecule has 0 aliphatic heterocycles. The summed E-state index contributed by atoms with van der Waals surface area (Å²) in [4.78, 5) is 16.4. The van der Waals surface area contributed by atoms with Gasteiger partial charge in [-0.25, -0.2) is 4.98 Å². The highest BCUT2D eigenvalue weighted by atomic mass is 35.5. The number of carbonyl (C=O) groups is 1. The van der Waals surface area contributed by atoms with Gasteiger partial charge in [0.05, 0.1) is 21.3 Å². The third-order valence-corrected chi connectivity index (χ3v) is 4.59. The Balaban J connectivity index is 1.93. The number of amides is 1. The molecule has 0 aliphatic carbocycles. The second-order valence-electron chi connectivity index (χ2n) is 5.19. The number of hydrogen-bond donors (Lipinski definition) is 3. The highest BCUT2D eigenvalue weighted by Gasteiger charge is 2.30. The minimum Gasteiger partial charge on any atom is -0.506 e. The smallest absolute Gasteiger partial charge is 0.416 e. The molecule has 0 saturated carbocycles. The van der Waals surface area contributed by atoms with Crippen molar-refractivity contribution in [2.75, 3.05) is 5.32 Å². The number of nitrogens with one attached hydrogen (secondary N) is 2. The minimum absolute atomic E-state index is 0.0572. The summed E-state index contributed by atoms with van der Waals surface area (Å²) in [5.74, 6) is -1.18. The van der Waals surface area contributed by atoms with E-state index in [4.69, 9.17) is 17.0 Å². The van der Waals surface area contributed by atoms with E-state index in [-0.39, 0.29) is 26.0 Å². The van der Waals surface area contributed by atoms with Crippen molar-refractivity contribution in [1.29, 1.82) is 5.41 Å². The van der Waals surface area contributed by atoms with Gasteiger partial charge in [0.25, 0.3) is 5.91 Å². The summed E-state index contributed by atoms with van der Waals surface area (Å²) >= 11 is 6.73. The molecule has 134 valence electrons. The molecule has 0 radical (unpaired) electrons. The van der Waals surface area contributed by atoms with Crippen LogP contribution in [0.25, 0.3) is 10.2 Å². The van der Waals surface area contributed by atoms with Crippen molar-refractivity contribution in [3.05, 3.63) is 52.0 Å². The Morgan fingerprint density at radius 3 is 2.69 bits per heavy atom. The quantitative estimate of drug-likeness (QED) is 0.546. The molecule has 3 rings (SSSR count). The van der Waals surface area contributed by atoms with Gasteiger partial charge in [0.1, 0.15) is 5.75 Å². The molecule has 2 aromatic carbocycles. The number of phenols is 1. The third-order valence-electron chi connectivity index (χ3n) is 3.44. The summed E-state index contributed by atoms with van der Waals surface area (Å²) in [5, 5.41) is 19.9. The summed E-state index contributed by atoms with van der Waals surface area (Å²) in [6.07, 6.45) is -3.63. The Hall–Kier alpha value is -2.65. The van der Waals surface area contributed by atoms with E-state index in [2.05, 4.69) is 10.3 Å². The zero-order chi connectivity index (χ0) is 19.1. The number of alkyl halides is 3. The minimum atomic E-state index is -4.47. The van der Waals surface area contributed by atoms with Gasteiger partial charge in [0.15, 0.2) is 5.13 Å². The number of fused-ring (bicyclic) bond motifs is 1. The maximum absolute atomic E-state index is 12.8. The Labute approximate surface area is 153 Å². The molecule has 0 bridgehead atoms. The van der Waals surface area contributed by atoms with Crippen molar-refractivity contribution in [2.45, 2.75) is 6.18 Å². The first-order valence-electron chi connectivity index (χ1n) is 7.01. The van der Waals surface area contributed by atoms with Gasteiger partial charge in [-0.1, -0.05) is 22.9 Å². The number of anilines is 1. The molecular weight excluding hydrogens is 391 g/mol. The van der Waals surface area contributed by atoms with Gasteiger partial charge in [-0.05, 0) is 30.3 Å². The second-order valence-corrected chi connectivity index (χ2v) is 6.66. The van der Waals surface area contributed by atoms with Crippen molar-refractivity contribution in [1.82, 2.24) is 4.98 Å². The van der Waals surface area contributed by atoms with Crippen LogP contribution in [0.15, 0.2) is 30.3 Å². The fraction of sp³-hybridized carbons (Fsp3) is 0.0625. The largest absolute Gasteiger partial charge is 0.506 e. The number of thiazole rings is 1. The van der Waals surface area contributed by atoms with Gasteiger partial charge in [-0.2, -0.15) is 13.2 Å². The molecule has 0 atom stereocenters. The molecule has 26 heavy (non-hydrogen) atoms. The van der Waals surface area contributed by atoms with E-state index in [1.165, 1.54) is 18.2 Å². The summed E-state index contributed by atoms with van der Waals surface area (Å²) in [7, 11) is 0. The van der Waals surface area contributed by atoms with Crippen molar-refractivity contribution < 1.29 is 23.1 Å². The molecule has 3 aromatic rings. The molecular formula is C16H9ClF3N3O2S. The van der Waals surface area contributed by atoms with Crippen molar-refractivity contribution >= 4 is 50.4 Å². The van der Waals surface area contributed by atoms with Crippen LogP contribution in [0.4, 0.5) is 18.3 Å². The van der Waals surface area contributed by atoms with Crippen LogP contribution in [-0.2, 0) is 6.18 Å². The average molecular weight is 400 g/mol. The Kier molecular flexibility index (Phi) is 4.59. The Bertz CT molecular complexity index is 1030. The normalized spacial score (nSPS) is 11.5. The lowest BCUT2D eigenvalue weighted by atomic mass is 10.1. The predicted molar refractivity (Wildman–Crippen MR) is 93.6 cm³/mol. The first kappa shape index (κ1) is 18.2. The van der Waals surface area contributed by atoms with E-state index in [0.29, 0.717) is 5.52 Å². The number of aromatic nitrogens is 1. The lowest BCUT2D eigenvalue weighted by molar-refractivity contribution is -0.137. The molecule has 1 aromatic heterocycles. The van der Waals surface area contributed by atoms with E-state index < -0.39 is 23.4 Å². The molecule has 1 heterocycles. The summed E-state index contributed by atoms with van der Waals surface area (Å²) in [5.41, 5.74) is -0.628. The van der Waals surface area contributed by atoms with Gasteiger partial charge in [0, 0.05) is 16.8 Å². The molecule has 0 spiro atoms. The van der Waals surface area contributed by atoms with E-state index in [1.54, 1.807) is 0 Å². The molecule has 0 saturated heterocycles. The van der Waals surface area contributed by atoms with Crippen LogP contribution in [-0.4, -0.2) is 22.2 Å². The Morgan fingerprint density at radius 2 is 2.04 bits per heavy atom. The molecule has 0 fully saturated rings. The number of halogens is 4. The fourth-order valence-electron chi connectivity index (χ4n) is 2.22. The van der Waals surface area contributed by atoms with Crippen LogP contribution in [0.5, 0.6) is 5.75 Å². The molecule has 0 unspecified atom stereocenters. The predicted octanol–water partition coefficient (Wildman–Crippen LogP) is 4.92. The number of aromatic hydroxyl groups is 1. The average Bonchev–Trinajstić information content (AvgIpc) is 2.96. The first-order valence-corrected chi connectivity index (χ1v) is 8.20. The summed E-state index contributed by atoms with van der Waals surface area (Å²) in [6.45, 7) is 0. The van der Waals surface area contributed by atoms with Crippen LogP contribution in [0.3, 0.4) is 0 Å². The monoisotopic (exact) mass is 399 g/mol. The lowest BCUT2D eigenvalue weighted by Gasteiger charge is -2.07. The zero-order valence-corrected chi connectivity index (χ0v) is 14.3. The number of benzene rings is 2. The van der Waals surface area contributed by atoms with E-state index in [0.717, 1.165) is 29.7 Å². The van der Waals surface area contributed by atoms with Crippen molar-refractivity contribution in [2.24, 2.45) is 0 Å². The highest BCUT2D eigenvalue weighted by molar-refractivity contribution is 7.22.